The average Bonchev–Trinajstić information content (AvgIpc) is 3.46. The molecule has 3 rings (SSSR count). The van der Waals surface area contributed by atoms with Crippen LogP contribution in [0, 0.1) is 11.8 Å². The number of benzene rings is 1. The van der Waals surface area contributed by atoms with Crippen molar-refractivity contribution in [3.63, 3.8) is 0 Å². The fourth-order valence-electron chi connectivity index (χ4n) is 3.12. The summed E-state index contributed by atoms with van der Waals surface area (Å²) in [6.45, 7) is 0.494. The normalized spacial score (nSPS) is 19.9. The van der Waals surface area contributed by atoms with Gasteiger partial charge in [0.15, 0.2) is 0 Å². The number of carbonyl (C=O) groups is 1. The molecule has 1 saturated carbocycles. The summed E-state index contributed by atoms with van der Waals surface area (Å²) >= 11 is 0. The highest BCUT2D eigenvalue weighted by Crippen LogP contribution is 2.48. The van der Waals surface area contributed by atoms with E-state index in [1.54, 1.807) is 13.3 Å². The number of nitrogens with one attached hydrogen (secondary N) is 1. The van der Waals surface area contributed by atoms with Crippen molar-refractivity contribution in [2.24, 2.45) is 11.8 Å². The molecule has 2 aromatic rings. The van der Waals surface area contributed by atoms with Gasteiger partial charge in [0.2, 0.25) is 5.91 Å². The van der Waals surface area contributed by atoms with Crippen LogP contribution in [0.1, 0.15) is 23.6 Å². The van der Waals surface area contributed by atoms with Gasteiger partial charge in [-0.25, -0.2) is 0 Å². The lowest BCUT2D eigenvalue weighted by molar-refractivity contribution is -0.122. The Morgan fingerprint density at radius 1 is 1.36 bits per heavy atom. The maximum atomic E-state index is 12.4. The number of carbonyl (C=O) groups excluding carboxylic acids is 1. The van der Waals surface area contributed by atoms with Gasteiger partial charge in [0.1, 0.15) is 5.75 Å². The number of nitrogens with zero attached hydrogens (tertiary/aromatic N) is 1. The molecule has 1 aliphatic carbocycles. The number of aliphatic hydroxyl groups is 1. The standard InChI is InChI=1S/C20H24N2O3/c1-25-17-7-4-5-15(10-17)18-11-19(18)20(24)22-12-14(13-23)9-16-6-2-3-8-21-16/h2-8,10,14,18-19,23H,9,11-13H2,1H3,(H,22,24). The van der Waals surface area contributed by atoms with Crippen molar-refractivity contribution in [2.45, 2.75) is 18.8 Å². The van der Waals surface area contributed by atoms with Gasteiger partial charge in [-0.05, 0) is 48.6 Å². The quantitative estimate of drug-likeness (QED) is 0.772. The minimum atomic E-state index is -0.0205. The Kier molecular flexibility index (Phi) is 5.66. The van der Waals surface area contributed by atoms with E-state index in [9.17, 15) is 9.90 Å². The number of rotatable bonds is 8. The third-order valence-electron chi connectivity index (χ3n) is 4.70. The maximum absolute atomic E-state index is 12.4. The van der Waals surface area contributed by atoms with E-state index in [1.807, 2.05) is 42.5 Å². The molecule has 25 heavy (non-hydrogen) atoms. The van der Waals surface area contributed by atoms with Gasteiger partial charge in [0.05, 0.1) is 7.11 Å². The molecule has 2 N–H and O–H groups in total. The molecule has 0 saturated heterocycles. The topological polar surface area (TPSA) is 71.5 Å². The van der Waals surface area contributed by atoms with E-state index < -0.39 is 0 Å². The minimum absolute atomic E-state index is 0.0151. The van der Waals surface area contributed by atoms with Crippen molar-refractivity contribution in [2.75, 3.05) is 20.3 Å². The van der Waals surface area contributed by atoms with Crippen LogP contribution in [-0.4, -0.2) is 36.3 Å². The van der Waals surface area contributed by atoms with Crippen molar-refractivity contribution >= 4 is 5.91 Å². The first-order valence-corrected chi connectivity index (χ1v) is 8.63. The monoisotopic (exact) mass is 340 g/mol. The largest absolute Gasteiger partial charge is 0.497 e. The van der Waals surface area contributed by atoms with Gasteiger partial charge in [-0.1, -0.05) is 18.2 Å². The summed E-state index contributed by atoms with van der Waals surface area (Å²) in [7, 11) is 1.65. The minimum Gasteiger partial charge on any atom is -0.497 e. The predicted octanol–water partition coefficient (Wildman–Crippen LogP) is 2.16. The van der Waals surface area contributed by atoms with E-state index in [1.165, 1.54) is 0 Å². The summed E-state index contributed by atoms with van der Waals surface area (Å²) in [6.07, 6.45) is 3.26. The lowest BCUT2D eigenvalue weighted by Gasteiger charge is -2.14. The second kappa shape index (κ2) is 8.12. The van der Waals surface area contributed by atoms with Gasteiger partial charge in [-0.2, -0.15) is 0 Å². The number of amides is 1. The maximum Gasteiger partial charge on any atom is 0.223 e. The fraction of sp³-hybridized carbons (Fsp3) is 0.400. The summed E-state index contributed by atoms with van der Waals surface area (Å²) in [5.41, 5.74) is 2.07. The Morgan fingerprint density at radius 3 is 2.96 bits per heavy atom. The first kappa shape index (κ1) is 17.4. The number of ether oxygens (including phenoxy) is 1. The van der Waals surface area contributed by atoms with Crippen LogP contribution in [0.3, 0.4) is 0 Å². The third-order valence-corrected chi connectivity index (χ3v) is 4.70. The molecule has 1 aliphatic rings. The Bertz CT molecular complexity index is 705. The third kappa shape index (κ3) is 4.57. The number of methoxy groups -OCH3 is 1. The fourth-order valence-corrected chi connectivity index (χ4v) is 3.12. The van der Waals surface area contributed by atoms with Crippen LogP contribution in [0.25, 0.3) is 0 Å². The van der Waals surface area contributed by atoms with Gasteiger partial charge in [0, 0.05) is 36.9 Å². The summed E-state index contributed by atoms with van der Waals surface area (Å²) in [5.74, 6) is 1.14. The van der Waals surface area contributed by atoms with E-state index >= 15 is 0 Å². The smallest absolute Gasteiger partial charge is 0.223 e. The van der Waals surface area contributed by atoms with Crippen LogP contribution in [0.2, 0.25) is 0 Å². The van der Waals surface area contributed by atoms with Crippen molar-refractivity contribution in [3.8, 4) is 5.75 Å². The number of pyridine rings is 1. The molecule has 0 aliphatic heterocycles. The Hall–Kier alpha value is -2.40. The molecule has 5 heteroatoms. The number of aromatic nitrogens is 1. The van der Waals surface area contributed by atoms with E-state index in [0.717, 1.165) is 23.4 Å². The molecule has 1 heterocycles. The van der Waals surface area contributed by atoms with Crippen LogP contribution in [0.4, 0.5) is 0 Å². The highest BCUT2D eigenvalue weighted by Gasteiger charge is 2.44. The lowest BCUT2D eigenvalue weighted by atomic mass is 10.0. The summed E-state index contributed by atoms with van der Waals surface area (Å²) < 4.78 is 5.24. The van der Waals surface area contributed by atoms with Crippen molar-refractivity contribution in [3.05, 3.63) is 59.9 Å². The molecule has 1 amide bonds. The number of hydrogen-bond donors (Lipinski definition) is 2. The van der Waals surface area contributed by atoms with Gasteiger partial charge < -0.3 is 15.2 Å². The highest BCUT2D eigenvalue weighted by atomic mass is 16.5. The summed E-state index contributed by atoms with van der Waals surface area (Å²) in [4.78, 5) is 16.7. The van der Waals surface area contributed by atoms with E-state index in [0.29, 0.717) is 13.0 Å². The van der Waals surface area contributed by atoms with E-state index in [-0.39, 0.29) is 30.3 Å². The van der Waals surface area contributed by atoms with Crippen LogP contribution >= 0.6 is 0 Å². The molecule has 0 bridgehead atoms. The average molecular weight is 340 g/mol. The zero-order valence-electron chi connectivity index (χ0n) is 14.4. The van der Waals surface area contributed by atoms with Gasteiger partial charge in [0.25, 0.3) is 0 Å². The van der Waals surface area contributed by atoms with Gasteiger partial charge in [-0.15, -0.1) is 0 Å². The van der Waals surface area contributed by atoms with Crippen LogP contribution in [-0.2, 0) is 11.2 Å². The lowest BCUT2D eigenvalue weighted by Crippen LogP contribution is -2.33. The molecule has 0 spiro atoms. The van der Waals surface area contributed by atoms with Gasteiger partial charge in [-0.3, -0.25) is 9.78 Å². The van der Waals surface area contributed by atoms with Crippen LogP contribution in [0.5, 0.6) is 5.75 Å². The molecule has 3 atom stereocenters. The van der Waals surface area contributed by atoms with E-state index in [4.69, 9.17) is 4.74 Å². The van der Waals surface area contributed by atoms with Crippen molar-refractivity contribution < 1.29 is 14.6 Å². The van der Waals surface area contributed by atoms with E-state index in [2.05, 4.69) is 10.3 Å². The SMILES string of the molecule is COc1cccc(C2CC2C(=O)NCC(CO)Cc2ccccn2)c1. The highest BCUT2D eigenvalue weighted by molar-refractivity contribution is 5.82. The first-order valence-electron chi connectivity index (χ1n) is 8.63. The van der Waals surface area contributed by atoms with Gasteiger partial charge >= 0.3 is 0 Å². The predicted molar refractivity (Wildman–Crippen MR) is 95.4 cm³/mol. The molecular formula is C20H24N2O3. The van der Waals surface area contributed by atoms with Crippen molar-refractivity contribution in [1.82, 2.24) is 10.3 Å². The molecular weight excluding hydrogens is 316 g/mol. The molecule has 1 fully saturated rings. The zero-order valence-corrected chi connectivity index (χ0v) is 14.4. The Balaban J connectivity index is 1.49. The molecule has 5 nitrogen and oxygen atoms in total. The summed E-state index contributed by atoms with van der Waals surface area (Å²) in [5, 5.41) is 12.5. The molecule has 0 radical (unpaired) electrons. The molecule has 3 unspecified atom stereocenters. The Morgan fingerprint density at radius 2 is 2.24 bits per heavy atom. The second-order valence-corrected chi connectivity index (χ2v) is 6.54. The second-order valence-electron chi connectivity index (χ2n) is 6.54. The molecule has 1 aromatic heterocycles. The van der Waals surface area contributed by atoms with Crippen LogP contribution in [0.15, 0.2) is 48.7 Å². The van der Waals surface area contributed by atoms with Crippen LogP contribution < -0.4 is 10.1 Å². The zero-order chi connectivity index (χ0) is 17.6. The molecule has 132 valence electrons. The first-order chi connectivity index (χ1) is 12.2. The van der Waals surface area contributed by atoms with Crippen molar-refractivity contribution in [1.29, 1.82) is 0 Å². The molecule has 1 aromatic carbocycles. The Labute approximate surface area is 148 Å². The summed E-state index contributed by atoms with van der Waals surface area (Å²) in [6, 6.07) is 13.6. The number of hydrogen-bond acceptors (Lipinski definition) is 4. The number of aliphatic hydroxyl groups excluding tert-OH is 1.